The third-order valence-corrected chi connectivity index (χ3v) is 41.4. The smallest absolute Gasteiger partial charge is 0.294 e. The van der Waals surface area contributed by atoms with E-state index in [1.165, 1.54) is 271 Å². The van der Waals surface area contributed by atoms with Crippen LogP contribution in [0.25, 0.3) is 14.5 Å². The van der Waals surface area contributed by atoms with Crippen LogP contribution in [0.4, 0.5) is 0 Å². The maximum Gasteiger partial charge on any atom is 0.294 e. The van der Waals surface area contributed by atoms with Crippen molar-refractivity contribution in [2.24, 2.45) is 0 Å². The van der Waals surface area contributed by atoms with E-state index in [2.05, 4.69) is 53.9 Å². The molecule has 4 rings (SSSR count). The molecule has 0 aromatic heterocycles. The minimum atomic E-state index is -0.611. The Morgan fingerprint density at radius 3 is 0.755 bits per heavy atom. The summed E-state index contributed by atoms with van der Waals surface area (Å²) in [7, 11) is 0. The number of carbonyl (C=O) groups is 6. The molecule has 0 radical (unpaired) electrons. The molecule has 0 fully saturated rings. The molecule has 54 heteroatoms. The number of hydrogen-bond donors (Lipinski definition) is 0. The number of carbonyl (C=O) groups excluding carboxylic acids is 6. The van der Waals surface area contributed by atoms with Crippen molar-refractivity contribution in [1.29, 1.82) is 15.8 Å². The van der Waals surface area contributed by atoms with E-state index in [1.54, 1.807) is 39.5 Å². The van der Waals surface area contributed by atoms with Crippen LogP contribution in [0, 0.1) is 53.7 Å². The highest BCUT2D eigenvalue weighted by molar-refractivity contribution is 8.52. The standard InChI is InChI=1S/C11H11NS3.C11H12O2S3.C10H9NS3.C9H8O2S3.C7H11NS3.C6H9NS3.2C6H10O2S3.2C5H7NS3.2C4H6O2S3.CH4/c1-11(2,12-3)15-10(13)14-9-7-5-4-6-8-9;1-11(2,13-8-12)16-10(14)15-9-6-4-3-5-7-9;1-8(7-11)13-10(12)14-9-5-3-2-4-6-9;10-6-11-7-13-9(12)14-8-4-2-1-3-5-8;1-5-10-6(9)11-7(2,3)8-4;1-6(2,7-3)10-5(8)9-4;2*1-6(2,8-4-7)11-5(9)10-3;2*1-4(3-6)9-5(7)8-2;2*1-8-4(7)9-3-6-2-5;/h4-8H,1-2H3;3-8H,1-2H3;2-6,8H,1H3;1-6H,7H2;5H2,1-3H3;1-2,4H3;2*4H,1-3H3;2*4H,1-2H3;2*2H,3H2,1H3;1H4. The van der Waals surface area contributed by atoms with Gasteiger partial charge in [0.15, 0.2) is 14.8 Å². The summed E-state index contributed by atoms with van der Waals surface area (Å²) in [5.74, 6) is 1.91. The summed E-state index contributed by atoms with van der Waals surface area (Å²) in [6, 6.07) is 45.9. The second kappa shape index (κ2) is 103. The Bertz CT molecular complexity index is 4400. The van der Waals surface area contributed by atoms with Crippen molar-refractivity contribution in [3.63, 3.8) is 0 Å². The van der Waals surface area contributed by atoms with Crippen LogP contribution in [-0.4, -0.2) is 194 Å². The van der Waals surface area contributed by atoms with E-state index in [-0.39, 0.29) is 38.9 Å². The third kappa shape index (κ3) is 115. The summed E-state index contributed by atoms with van der Waals surface area (Å²) in [6.45, 7) is 52.9. The lowest BCUT2D eigenvalue weighted by atomic mass is 10.4. The number of hydrogen-bond acceptors (Lipinski definition) is 51. The lowest BCUT2D eigenvalue weighted by molar-refractivity contribution is -0.134. The van der Waals surface area contributed by atoms with Gasteiger partial charge < -0.3 is 28.4 Å². The van der Waals surface area contributed by atoms with Crippen LogP contribution in [0.2, 0.25) is 0 Å². The number of ether oxygens (including phenoxy) is 6. The molecule has 0 aliphatic rings. The first kappa shape index (κ1) is 157. The maximum absolute atomic E-state index is 10.3. The molecule has 139 heavy (non-hydrogen) atoms. The Morgan fingerprint density at radius 2 is 0.525 bits per heavy atom. The fourth-order valence-corrected chi connectivity index (χ4v) is 29.6. The van der Waals surface area contributed by atoms with E-state index >= 15 is 0 Å². The van der Waals surface area contributed by atoms with Gasteiger partial charge in [0.2, 0.25) is 0 Å². The van der Waals surface area contributed by atoms with Crippen LogP contribution >= 0.6 is 429 Å². The van der Waals surface area contributed by atoms with Crippen LogP contribution in [-0.2, 0) is 57.2 Å². The second-order valence-electron chi connectivity index (χ2n) is 24.9. The van der Waals surface area contributed by atoms with E-state index in [4.69, 9.17) is 196 Å². The predicted molar refractivity (Wildman–Crippen MR) is 698 cm³/mol. The Kier molecular flexibility index (Phi) is 116. The summed E-state index contributed by atoms with van der Waals surface area (Å²) in [5, 5.41) is 25.2. The topological polar surface area (TPSA) is 242 Å². The predicted octanol–water partition coefficient (Wildman–Crippen LogP) is 34.0. The number of thiocarbonyl (C=S) groups is 12. The van der Waals surface area contributed by atoms with Gasteiger partial charge in [-0.3, -0.25) is 43.3 Å². The zero-order chi connectivity index (χ0) is 108. The van der Waals surface area contributed by atoms with Crippen molar-refractivity contribution in [2.75, 3.05) is 67.4 Å². The minimum Gasteiger partial charge on any atom is -0.456 e. The van der Waals surface area contributed by atoms with Gasteiger partial charge in [-0.1, -0.05) is 387 Å². The molecule has 18 nitrogen and oxygen atoms in total. The summed E-state index contributed by atoms with van der Waals surface area (Å²) < 4.78 is 37.4. The van der Waals surface area contributed by atoms with Gasteiger partial charge >= 0.3 is 0 Å². The van der Waals surface area contributed by atoms with Gasteiger partial charge in [0.1, 0.15) is 60.2 Å². The fourth-order valence-electron chi connectivity index (χ4n) is 5.46. The maximum atomic E-state index is 10.3. The van der Waals surface area contributed by atoms with E-state index in [1.807, 2.05) is 241 Å². The molecule has 3 atom stereocenters. The van der Waals surface area contributed by atoms with Crippen molar-refractivity contribution < 1.29 is 57.2 Å². The molecule has 4 aromatic rings. The lowest BCUT2D eigenvalue weighted by Crippen LogP contribution is -2.19. The molecule has 0 saturated heterocycles. The first-order valence-electron chi connectivity index (χ1n) is 37.4. The molecule has 768 valence electrons. The van der Waals surface area contributed by atoms with Gasteiger partial charge in [-0.15, -0.1) is 94.1 Å². The Balaban J connectivity index is -0.000000190. The molecule has 3 unspecified atom stereocenters. The van der Waals surface area contributed by atoms with Gasteiger partial charge in [0.25, 0.3) is 53.4 Å². The van der Waals surface area contributed by atoms with Gasteiger partial charge in [-0.05, 0) is 196 Å². The molecule has 0 saturated carbocycles. The molecule has 0 amide bonds. The van der Waals surface area contributed by atoms with E-state index < -0.39 is 19.7 Å². The van der Waals surface area contributed by atoms with Crippen molar-refractivity contribution in [2.45, 2.75) is 183 Å². The monoisotopic (exact) mass is 2560 g/mol. The molecule has 0 aliphatic heterocycles. The number of benzene rings is 4. The number of nitrogens with zero attached hydrogens (tertiary/aromatic N) is 6. The highest BCUT2D eigenvalue weighted by Crippen LogP contribution is 2.39. The van der Waals surface area contributed by atoms with E-state index in [0.717, 1.165) is 67.7 Å². The lowest BCUT2D eigenvalue weighted by Gasteiger charge is -2.21. The van der Waals surface area contributed by atoms with Crippen LogP contribution in [0.15, 0.2) is 141 Å². The molecule has 0 spiro atoms. The Labute approximate surface area is 993 Å². The quantitative estimate of drug-likeness (QED) is 0.00933. The Morgan fingerprint density at radius 1 is 0.317 bits per heavy atom. The van der Waals surface area contributed by atoms with Crippen molar-refractivity contribution >= 4 is 510 Å². The van der Waals surface area contributed by atoms with Gasteiger partial charge in [-0.25, -0.2) is 19.7 Å². The molecular formula is C85H110N6O12S36. The minimum absolute atomic E-state index is 0. The van der Waals surface area contributed by atoms with Crippen LogP contribution in [0.5, 0.6) is 0 Å². The van der Waals surface area contributed by atoms with E-state index in [9.17, 15) is 28.8 Å². The SMILES string of the molecule is C.CC(C#N)SC(=S)Sc1ccccc1.CC(C)(OC=O)SC(=S)Sc1ccccc1.CSC(=S)SC(C)(C)OC=O.CSC(=S)SC(C)(C)OC=O.CSC(=S)SC(C)C#N.CSC(=S)SC(C)C#N.CSC(=S)SCOC=O.CSC(=S)SCOC=O.O=COCSC(=S)Sc1ccccc1.[C-]#[N+]C(C)(C)SC(=S)SC.[C-]#[N+]C(C)(C)SC(=S)SCC.[C-]#[N+]C(C)(C)SC(=S)Sc1ccccc1. The molecule has 0 bridgehead atoms. The summed E-state index contributed by atoms with van der Waals surface area (Å²) in [4.78, 5) is 71.2. The number of rotatable bonds is 29. The zero-order valence-electron chi connectivity index (χ0n) is 78.9. The molecule has 4 aromatic carbocycles. The van der Waals surface area contributed by atoms with Crippen molar-refractivity contribution in [1.82, 2.24) is 0 Å². The zero-order valence-corrected chi connectivity index (χ0v) is 108. The summed E-state index contributed by atoms with van der Waals surface area (Å²) >= 11 is 94.8. The average molecular weight is 2560 g/mol. The normalized spacial score (nSPS) is 10.5. The molecule has 0 aliphatic carbocycles. The highest BCUT2D eigenvalue weighted by Gasteiger charge is 2.29. The average Bonchev–Trinajstić information content (AvgIpc) is 0.882. The van der Waals surface area contributed by atoms with Gasteiger partial charge in [-0.2, -0.15) is 15.8 Å². The largest absolute Gasteiger partial charge is 0.456 e. The second-order valence-corrected chi connectivity index (χ2v) is 66.9. The number of thioether (sulfide) groups is 24. The molecule has 0 N–H and O–H groups in total. The first-order valence-corrected chi connectivity index (χ1v) is 65.6. The summed E-state index contributed by atoms with van der Waals surface area (Å²) in [6.07, 6.45) is 13.3. The van der Waals surface area contributed by atoms with Crippen LogP contribution in [0.1, 0.15) is 118 Å². The van der Waals surface area contributed by atoms with Crippen molar-refractivity contribution in [3.8, 4) is 18.2 Å². The fraction of sp³-hybridized carbons (Fsp3) is 0.435. The highest BCUT2D eigenvalue weighted by atomic mass is 32.3. The van der Waals surface area contributed by atoms with Crippen molar-refractivity contribution in [3.05, 3.63) is 156 Å². The van der Waals surface area contributed by atoms with Gasteiger partial charge in [0.05, 0.1) is 34.0 Å². The Hall–Kier alpha value is 0.120. The van der Waals surface area contributed by atoms with Crippen LogP contribution < -0.4 is 0 Å². The van der Waals surface area contributed by atoms with E-state index in [0.29, 0.717) is 50.7 Å². The third-order valence-electron chi connectivity index (χ3n) is 11.3. The van der Waals surface area contributed by atoms with Gasteiger partial charge in [0, 0.05) is 61.1 Å². The molecule has 0 heterocycles. The summed E-state index contributed by atoms with van der Waals surface area (Å²) in [5.41, 5.74) is 0. The first-order chi connectivity index (χ1) is 64.7. The molecular weight excluding hydrogens is 2450 g/mol. The van der Waals surface area contributed by atoms with Crippen LogP contribution in [0.3, 0.4) is 0 Å². The number of nitriles is 3.